The van der Waals surface area contributed by atoms with Crippen molar-refractivity contribution in [2.45, 2.75) is 32.2 Å². The molecule has 0 saturated carbocycles. The maximum atomic E-state index is 5.77. The van der Waals surface area contributed by atoms with Gasteiger partial charge in [0.05, 0.1) is 0 Å². The van der Waals surface area contributed by atoms with Crippen LogP contribution >= 0.6 is 0 Å². The van der Waals surface area contributed by atoms with Gasteiger partial charge in [0.15, 0.2) is 0 Å². The maximum absolute atomic E-state index is 5.77. The van der Waals surface area contributed by atoms with Crippen LogP contribution in [0.25, 0.3) is 0 Å². The van der Waals surface area contributed by atoms with Gasteiger partial charge in [0.1, 0.15) is 0 Å². The SMILES string of the molecule is C#CCCNC(CN)c1ccc(C(C)C)cc1. The summed E-state index contributed by atoms with van der Waals surface area (Å²) in [5.74, 6) is 3.18. The second kappa shape index (κ2) is 7.11. The van der Waals surface area contributed by atoms with Crippen LogP contribution < -0.4 is 11.1 Å². The number of terminal acetylenes is 1. The summed E-state index contributed by atoms with van der Waals surface area (Å²) in [6, 6.07) is 8.84. The fourth-order valence-electron chi connectivity index (χ4n) is 1.77. The number of nitrogens with two attached hydrogens (primary N) is 1. The Morgan fingerprint density at radius 1 is 1.24 bits per heavy atom. The van der Waals surface area contributed by atoms with Gasteiger partial charge in [-0.3, -0.25) is 0 Å². The molecule has 0 aromatic heterocycles. The molecule has 0 saturated heterocycles. The molecule has 1 rings (SSSR count). The lowest BCUT2D eigenvalue weighted by Gasteiger charge is -2.17. The van der Waals surface area contributed by atoms with E-state index in [0.717, 1.165) is 13.0 Å². The Bertz CT molecular complexity index is 360. The van der Waals surface area contributed by atoms with Crippen molar-refractivity contribution < 1.29 is 0 Å². The van der Waals surface area contributed by atoms with Crippen LogP contribution in [0.1, 0.15) is 43.4 Å². The number of hydrogen-bond acceptors (Lipinski definition) is 2. The van der Waals surface area contributed by atoms with Crippen LogP contribution in [0, 0.1) is 12.3 Å². The van der Waals surface area contributed by atoms with Crippen molar-refractivity contribution >= 4 is 0 Å². The molecule has 1 aromatic carbocycles. The second-order valence-electron chi connectivity index (χ2n) is 4.52. The Morgan fingerprint density at radius 3 is 2.29 bits per heavy atom. The van der Waals surface area contributed by atoms with Crippen molar-refractivity contribution in [1.82, 2.24) is 5.32 Å². The van der Waals surface area contributed by atoms with E-state index < -0.39 is 0 Å². The fraction of sp³-hybridized carbons (Fsp3) is 0.467. The molecular formula is C15H22N2. The minimum absolute atomic E-state index is 0.199. The summed E-state index contributed by atoms with van der Waals surface area (Å²) in [5, 5.41) is 3.37. The second-order valence-corrected chi connectivity index (χ2v) is 4.52. The molecule has 0 spiro atoms. The zero-order chi connectivity index (χ0) is 12.7. The first-order valence-corrected chi connectivity index (χ1v) is 6.15. The van der Waals surface area contributed by atoms with E-state index in [0.29, 0.717) is 12.5 Å². The van der Waals surface area contributed by atoms with Gasteiger partial charge in [-0.15, -0.1) is 12.3 Å². The smallest absolute Gasteiger partial charge is 0.0444 e. The van der Waals surface area contributed by atoms with Crippen molar-refractivity contribution in [3.05, 3.63) is 35.4 Å². The van der Waals surface area contributed by atoms with E-state index in [1.54, 1.807) is 0 Å². The molecule has 17 heavy (non-hydrogen) atoms. The fourth-order valence-corrected chi connectivity index (χ4v) is 1.77. The molecule has 0 bridgehead atoms. The van der Waals surface area contributed by atoms with Crippen LogP contribution in [-0.4, -0.2) is 13.1 Å². The molecule has 0 aliphatic rings. The van der Waals surface area contributed by atoms with Gasteiger partial charge in [-0.25, -0.2) is 0 Å². The lowest BCUT2D eigenvalue weighted by atomic mass is 9.99. The maximum Gasteiger partial charge on any atom is 0.0444 e. The zero-order valence-corrected chi connectivity index (χ0v) is 10.7. The van der Waals surface area contributed by atoms with Crippen LogP contribution in [0.4, 0.5) is 0 Å². The summed E-state index contributed by atoms with van der Waals surface area (Å²) in [6.07, 6.45) is 5.96. The number of benzene rings is 1. The highest BCUT2D eigenvalue weighted by Gasteiger charge is 2.08. The van der Waals surface area contributed by atoms with E-state index in [1.807, 2.05) is 0 Å². The summed E-state index contributed by atoms with van der Waals surface area (Å²) in [6.45, 7) is 5.79. The summed E-state index contributed by atoms with van der Waals surface area (Å²) >= 11 is 0. The zero-order valence-electron chi connectivity index (χ0n) is 10.7. The molecule has 0 fully saturated rings. The minimum atomic E-state index is 0.199. The van der Waals surface area contributed by atoms with Gasteiger partial charge in [0.2, 0.25) is 0 Å². The van der Waals surface area contributed by atoms with Crippen molar-refractivity contribution in [2.24, 2.45) is 5.73 Å². The lowest BCUT2D eigenvalue weighted by molar-refractivity contribution is 0.550. The van der Waals surface area contributed by atoms with Crippen LogP contribution in [0.5, 0.6) is 0 Å². The summed E-state index contributed by atoms with van der Waals surface area (Å²) in [5.41, 5.74) is 8.36. The quantitative estimate of drug-likeness (QED) is 0.582. The third-order valence-electron chi connectivity index (χ3n) is 2.90. The van der Waals surface area contributed by atoms with Crippen molar-refractivity contribution in [1.29, 1.82) is 0 Å². The Hall–Kier alpha value is -1.30. The predicted molar refractivity (Wildman–Crippen MR) is 73.8 cm³/mol. The van der Waals surface area contributed by atoms with E-state index in [2.05, 4.69) is 49.4 Å². The van der Waals surface area contributed by atoms with Gasteiger partial charge in [0, 0.05) is 25.6 Å². The summed E-state index contributed by atoms with van der Waals surface area (Å²) < 4.78 is 0. The first-order valence-electron chi connectivity index (χ1n) is 6.15. The molecule has 0 aliphatic carbocycles. The molecule has 0 heterocycles. The van der Waals surface area contributed by atoms with E-state index in [9.17, 15) is 0 Å². The van der Waals surface area contributed by atoms with E-state index in [4.69, 9.17) is 12.2 Å². The summed E-state index contributed by atoms with van der Waals surface area (Å²) in [7, 11) is 0. The highest BCUT2D eigenvalue weighted by Crippen LogP contribution is 2.18. The number of nitrogens with one attached hydrogen (secondary N) is 1. The van der Waals surface area contributed by atoms with Crippen molar-refractivity contribution in [3.8, 4) is 12.3 Å². The Labute approximate surface area is 105 Å². The highest BCUT2D eigenvalue weighted by atomic mass is 14.9. The minimum Gasteiger partial charge on any atom is -0.329 e. The number of rotatable bonds is 6. The molecule has 0 aliphatic heterocycles. The van der Waals surface area contributed by atoms with Gasteiger partial charge >= 0.3 is 0 Å². The topological polar surface area (TPSA) is 38.0 Å². The molecule has 0 amide bonds. The van der Waals surface area contributed by atoms with Crippen LogP contribution in [-0.2, 0) is 0 Å². The lowest BCUT2D eigenvalue weighted by Crippen LogP contribution is -2.28. The molecule has 2 heteroatoms. The third-order valence-corrected chi connectivity index (χ3v) is 2.90. The Balaban J connectivity index is 2.65. The monoisotopic (exact) mass is 230 g/mol. The van der Waals surface area contributed by atoms with Gasteiger partial charge in [-0.1, -0.05) is 38.1 Å². The van der Waals surface area contributed by atoms with Gasteiger partial charge < -0.3 is 11.1 Å². The molecule has 3 N–H and O–H groups in total. The van der Waals surface area contributed by atoms with E-state index >= 15 is 0 Å². The highest BCUT2D eigenvalue weighted by molar-refractivity contribution is 5.27. The first kappa shape index (κ1) is 13.8. The average molecular weight is 230 g/mol. The largest absolute Gasteiger partial charge is 0.329 e. The predicted octanol–water partition coefficient (Wildman–Crippen LogP) is 2.42. The normalized spacial score (nSPS) is 12.4. The van der Waals surface area contributed by atoms with Crippen LogP contribution in [0.3, 0.4) is 0 Å². The van der Waals surface area contributed by atoms with Gasteiger partial charge in [0.25, 0.3) is 0 Å². The number of hydrogen-bond donors (Lipinski definition) is 2. The van der Waals surface area contributed by atoms with Gasteiger partial charge in [-0.05, 0) is 17.0 Å². The molecule has 2 nitrogen and oxygen atoms in total. The van der Waals surface area contributed by atoms with Crippen molar-refractivity contribution in [3.63, 3.8) is 0 Å². The third kappa shape index (κ3) is 4.22. The molecule has 1 atom stereocenters. The molecule has 1 aromatic rings. The first-order chi connectivity index (χ1) is 8.19. The standard InChI is InChI=1S/C15H22N2/c1-4-5-10-17-15(11-16)14-8-6-13(7-9-14)12(2)3/h1,6-9,12,15,17H,5,10-11,16H2,2-3H3. The van der Waals surface area contributed by atoms with Crippen LogP contribution in [0.15, 0.2) is 24.3 Å². The van der Waals surface area contributed by atoms with Crippen molar-refractivity contribution in [2.75, 3.05) is 13.1 Å². The Morgan fingerprint density at radius 2 is 1.82 bits per heavy atom. The molecule has 92 valence electrons. The Kier molecular flexibility index (Phi) is 5.76. The average Bonchev–Trinajstić information content (AvgIpc) is 2.35. The summed E-state index contributed by atoms with van der Waals surface area (Å²) in [4.78, 5) is 0. The molecule has 1 unspecified atom stereocenters. The molecule has 0 radical (unpaired) electrons. The van der Waals surface area contributed by atoms with E-state index in [1.165, 1.54) is 11.1 Å². The molecular weight excluding hydrogens is 208 g/mol. The van der Waals surface area contributed by atoms with E-state index in [-0.39, 0.29) is 6.04 Å². The van der Waals surface area contributed by atoms with Gasteiger partial charge in [-0.2, -0.15) is 0 Å². The van der Waals surface area contributed by atoms with Crippen LogP contribution in [0.2, 0.25) is 0 Å².